The molecular weight excluding hydrogens is 310 g/mol. The van der Waals surface area contributed by atoms with Crippen molar-refractivity contribution in [3.05, 3.63) is 66.2 Å². The van der Waals surface area contributed by atoms with E-state index < -0.39 is 0 Å². The van der Waals surface area contributed by atoms with Crippen molar-refractivity contribution in [2.75, 3.05) is 11.1 Å². The van der Waals surface area contributed by atoms with Crippen LogP contribution in [0.2, 0.25) is 0 Å². The lowest BCUT2D eigenvalue weighted by molar-refractivity contribution is -0.123. The summed E-state index contributed by atoms with van der Waals surface area (Å²) in [7, 11) is 0. The molecule has 122 valence electrons. The van der Waals surface area contributed by atoms with E-state index in [1.54, 1.807) is 36.4 Å². The van der Waals surface area contributed by atoms with E-state index in [2.05, 4.69) is 5.32 Å². The van der Waals surface area contributed by atoms with E-state index >= 15 is 0 Å². The largest absolute Gasteiger partial charge is 0.508 e. The zero-order chi connectivity index (χ0) is 17.5. The van der Waals surface area contributed by atoms with Crippen LogP contribution in [0.4, 0.5) is 11.4 Å². The summed E-state index contributed by atoms with van der Waals surface area (Å²) in [5.74, 6) is -0.751. The van der Waals surface area contributed by atoms with Gasteiger partial charge in [0.25, 0.3) is 17.7 Å². The highest BCUT2D eigenvalue weighted by molar-refractivity contribution is 6.12. The summed E-state index contributed by atoms with van der Waals surface area (Å²) < 4.78 is 0. The van der Waals surface area contributed by atoms with Crippen LogP contribution >= 0.6 is 0 Å². The van der Waals surface area contributed by atoms with Crippen LogP contribution in [0.1, 0.15) is 10.4 Å². The number of nitrogen functional groups attached to an aromatic ring is 1. The van der Waals surface area contributed by atoms with Gasteiger partial charge in [-0.15, -0.1) is 0 Å². The number of nitrogens with one attached hydrogen (secondary N) is 2. The number of nitrogens with two attached hydrogens (primary N) is 1. The highest BCUT2D eigenvalue weighted by Gasteiger charge is 2.07. The van der Waals surface area contributed by atoms with Gasteiger partial charge in [-0.3, -0.25) is 19.7 Å². The molecule has 3 rings (SSSR count). The van der Waals surface area contributed by atoms with Gasteiger partial charge in [0.05, 0.1) is 0 Å². The second-order valence-electron chi connectivity index (χ2n) is 4.81. The molecule has 0 saturated heterocycles. The lowest BCUT2D eigenvalue weighted by Gasteiger charge is -2.05. The molecular formula is C17H15N3O4. The fraction of sp³-hybridized carbons (Fsp3) is 0. The minimum absolute atomic E-state index is 0.133. The molecule has 1 heterocycles. The highest BCUT2D eigenvalue weighted by Crippen LogP contribution is 2.14. The molecule has 0 radical (unpaired) electrons. The van der Waals surface area contributed by atoms with Crippen molar-refractivity contribution in [1.82, 2.24) is 5.32 Å². The van der Waals surface area contributed by atoms with Crippen LogP contribution in [-0.2, 0) is 9.59 Å². The van der Waals surface area contributed by atoms with Gasteiger partial charge in [0.15, 0.2) is 0 Å². The van der Waals surface area contributed by atoms with E-state index in [0.717, 1.165) is 0 Å². The van der Waals surface area contributed by atoms with Crippen LogP contribution < -0.4 is 16.4 Å². The molecule has 1 aliphatic heterocycles. The average molecular weight is 325 g/mol. The molecule has 2 aromatic rings. The third kappa shape index (κ3) is 4.99. The highest BCUT2D eigenvalue weighted by atomic mass is 16.3. The van der Waals surface area contributed by atoms with Gasteiger partial charge in [-0.05, 0) is 48.5 Å². The van der Waals surface area contributed by atoms with E-state index in [1.807, 2.05) is 5.32 Å². The summed E-state index contributed by atoms with van der Waals surface area (Å²) in [6, 6.07) is 12.9. The third-order valence-corrected chi connectivity index (χ3v) is 2.93. The fourth-order valence-electron chi connectivity index (χ4n) is 1.74. The van der Waals surface area contributed by atoms with Crippen molar-refractivity contribution in [3.63, 3.8) is 0 Å². The Morgan fingerprint density at radius 3 is 1.92 bits per heavy atom. The van der Waals surface area contributed by atoms with Crippen molar-refractivity contribution in [2.24, 2.45) is 0 Å². The molecule has 5 N–H and O–H groups in total. The molecule has 1 aliphatic rings. The molecule has 24 heavy (non-hydrogen) atoms. The van der Waals surface area contributed by atoms with Gasteiger partial charge >= 0.3 is 0 Å². The first-order valence-corrected chi connectivity index (χ1v) is 6.93. The smallest absolute Gasteiger partial charge is 0.255 e. The zero-order valence-electron chi connectivity index (χ0n) is 12.5. The minimum atomic E-state index is -0.329. The van der Waals surface area contributed by atoms with Crippen LogP contribution in [-0.4, -0.2) is 22.8 Å². The number of benzene rings is 2. The maximum Gasteiger partial charge on any atom is 0.255 e. The van der Waals surface area contributed by atoms with Crippen LogP contribution in [0, 0.1) is 0 Å². The standard InChI is InChI=1S/C13H12N2O2.C4H3NO2/c14-10-3-5-11(6-4-10)15-13(17)9-1-7-12(16)8-2-9;6-3-1-2-4(7)5-3/h1-8,16H,14H2,(H,15,17);1-2H,(H,5,6,7). The second kappa shape index (κ2) is 7.59. The van der Waals surface area contributed by atoms with Gasteiger partial charge < -0.3 is 16.2 Å². The summed E-state index contributed by atoms with van der Waals surface area (Å²) in [5, 5.41) is 13.9. The first-order valence-electron chi connectivity index (χ1n) is 6.93. The average Bonchev–Trinajstić information content (AvgIpc) is 2.94. The van der Waals surface area contributed by atoms with Crippen LogP contribution in [0.25, 0.3) is 0 Å². The van der Waals surface area contributed by atoms with Crippen LogP contribution in [0.3, 0.4) is 0 Å². The molecule has 0 atom stereocenters. The summed E-state index contributed by atoms with van der Waals surface area (Å²) >= 11 is 0. The number of amides is 3. The molecule has 0 spiro atoms. The fourth-order valence-corrected chi connectivity index (χ4v) is 1.74. The minimum Gasteiger partial charge on any atom is -0.508 e. The molecule has 7 nitrogen and oxygen atoms in total. The third-order valence-electron chi connectivity index (χ3n) is 2.93. The Morgan fingerprint density at radius 1 is 0.917 bits per heavy atom. The maximum atomic E-state index is 11.8. The molecule has 7 heteroatoms. The lowest BCUT2D eigenvalue weighted by Crippen LogP contribution is -2.19. The maximum absolute atomic E-state index is 11.8. The van der Waals surface area contributed by atoms with Crippen LogP contribution in [0.5, 0.6) is 5.75 Å². The Morgan fingerprint density at radius 2 is 1.46 bits per heavy atom. The second-order valence-corrected chi connectivity index (χ2v) is 4.81. The van der Waals surface area contributed by atoms with E-state index in [9.17, 15) is 14.4 Å². The van der Waals surface area contributed by atoms with Gasteiger partial charge in [0, 0.05) is 29.1 Å². The van der Waals surface area contributed by atoms with Gasteiger partial charge in [-0.2, -0.15) is 0 Å². The molecule has 3 amide bonds. The first kappa shape index (κ1) is 16.8. The molecule has 0 fully saturated rings. The molecule has 0 saturated carbocycles. The van der Waals surface area contributed by atoms with Gasteiger partial charge in [0.2, 0.25) is 0 Å². The first-order chi connectivity index (χ1) is 11.4. The number of aromatic hydroxyl groups is 1. The Kier molecular flexibility index (Phi) is 5.30. The topological polar surface area (TPSA) is 122 Å². The number of imide groups is 1. The Balaban J connectivity index is 0.000000249. The van der Waals surface area contributed by atoms with Gasteiger partial charge in [-0.1, -0.05) is 0 Å². The Labute approximate surface area is 137 Å². The predicted octanol–water partition coefficient (Wildman–Crippen LogP) is 1.43. The van der Waals surface area contributed by atoms with Crippen molar-refractivity contribution >= 4 is 29.1 Å². The number of carbonyl (C=O) groups excluding carboxylic acids is 3. The number of rotatable bonds is 2. The number of anilines is 2. The monoisotopic (exact) mass is 325 g/mol. The van der Waals surface area contributed by atoms with E-state index in [0.29, 0.717) is 16.9 Å². The predicted molar refractivity (Wildman–Crippen MR) is 89.2 cm³/mol. The van der Waals surface area contributed by atoms with E-state index in [-0.39, 0.29) is 23.5 Å². The van der Waals surface area contributed by atoms with Crippen molar-refractivity contribution in [2.45, 2.75) is 0 Å². The summed E-state index contributed by atoms with van der Waals surface area (Å²) in [6.45, 7) is 0. The Bertz CT molecular complexity index is 764. The Hall–Kier alpha value is -3.61. The SMILES string of the molecule is Nc1ccc(NC(=O)c2ccc(O)cc2)cc1.O=C1C=CC(=O)N1. The summed E-state index contributed by atoms with van der Waals surface area (Å²) in [5.41, 5.74) is 7.35. The van der Waals surface area contributed by atoms with E-state index in [4.69, 9.17) is 10.8 Å². The summed E-state index contributed by atoms with van der Waals surface area (Å²) in [4.78, 5) is 31.9. The van der Waals surface area contributed by atoms with Crippen LogP contribution in [0.15, 0.2) is 60.7 Å². The van der Waals surface area contributed by atoms with Crippen molar-refractivity contribution < 1.29 is 19.5 Å². The molecule has 0 unspecified atom stereocenters. The number of hydrogen-bond donors (Lipinski definition) is 4. The zero-order valence-corrected chi connectivity index (χ0v) is 12.5. The molecule has 0 bridgehead atoms. The number of phenols is 1. The molecule has 0 aromatic heterocycles. The van der Waals surface area contributed by atoms with Gasteiger partial charge in [-0.25, -0.2) is 0 Å². The number of hydrogen-bond acceptors (Lipinski definition) is 5. The van der Waals surface area contributed by atoms with Crippen molar-refractivity contribution in [3.8, 4) is 5.75 Å². The molecule has 2 aromatic carbocycles. The number of carbonyl (C=O) groups is 3. The normalized spacial score (nSPS) is 12.2. The number of phenolic OH excluding ortho intramolecular Hbond substituents is 1. The molecule has 0 aliphatic carbocycles. The van der Waals surface area contributed by atoms with Gasteiger partial charge in [0.1, 0.15) is 5.75 Å². The quantitative estimate of drug-likeness (QED) is 0.491. The lowest BCUT2D eigenvalue weighted by atomic mass is 10.2. The van der Waals surface area contributed by atoms with E-state index in [1.165, 1.54) is 24.3 Å². The van der Waals surface area contributed by atoms with Crippen molar-refractivity contribution in [1.29, 1.82) is 0 Å². The summed E-state index contributed by atoms with van der Waals surface area (Å²) in [6.07, 6.45) is 2.39.